The van der Waals surface area contributed by atoms with Crippen molar-refractivity contribution in [3.05, 3.63) is 47.3 Å². The van der Waals surface area contributed by atoms with Crippen molar-refractivity contribution in [3.8, 4) is 10.4 Å². The number of hydrogen-bond acceptors (Lipinski definition) is 3. The molecule has 0 bridgehead atoms. The predicted molar refractivity (Wildman–Crippen MR) is 76.2 cm³/mol. The summed E-state index contributed by atoms with van der Waals surface area (Å²) in [5.74, 6) is 0. The van der Waals surface area contributed by atoms with E-state index in [1.165, 1.54) is 22.4 Å². The Balaban J connectivity index is 1.41. The van der Waals surface area contributed by atoms with Gasteiger partial charge in [-0.25, -0.2) is 0 Å². The number of thiophene rings is 1. The lowest BCUT2D eigenvalue weighted by atomic mass is 10.2. The summed E-state index contributed by atoms with van der Waals surface area (Å²) < 4.78 is 11.5. The van der Waals surface area contributed by atoms with E-state index in [0.29, 0.717) is 24.9 Å². The van der Waals surface area contributed by atoms with Crippen LogP contribution in [0, 0.1) is 0 Å². The van der Waals surface area contributed by atoms with Gasteiger partial charge in [0.1, 0.15) is 6.10 Å². The zero-order valence-corrected chi connectivity index (χ0v) is 11.4. The summed E-state index contributed by atoms with van der Waals surface area (Å²) >= 11 is 1.79. The Labute approximate surface area is 117 Å². The molecule has 1 aliphatic carbocycles. The molecule has 0 amide bonds. The third-order valence-corrected chi connectivity index (χ3v) is 4.93. The Kier molecular flexibility index (Phi) is 2.91. The van der Waals surface area contributed by atoms with E-state index in [0.717, 1.165) is 6.42 Å². The van der Waals surface area contributed by atoms with Gasteiger partial charge in [-0.05, 0) is 35.4 Å². The maximum absolute atomic E-state index is 5.97. The molecule has 19 heavy (non-hydrogen) atoms. The Morgan fingerprint density at radius 1 is 1.21 bits per heavy atom. The molecule has 0 radical (unpaired) electrons. The van der Waals surface area contributed by atoms with Crippen molar-refractivity contribution in [1.29, 1.82) is 0 Å². The highest BCUT2D eigenvalue weighted by Crippen LogP contribution is 2.40. The quantitative estimate of drug-likeness (QED) is 0.788. The average Bonchev–Trinajstić information content (AvgIpc) is 2.92. The third-order valence-electron chi connectivity index (χ3n) is 3.90. The van der Waals surface area contributed by atoms with E-state index < -0.39 is 0 Å². The molecule has 1 aromatic heterocycles. The summed E-state index contributed by atoms with van der Waals surface area (Å²) in [5, 5.41) is 2.20. The molecule has 1 aromatic carbocycles. The zero-order chi connectivity index (χ0) is 12.7. The van der Waals surface area contributed by atoms with Gasteiger partial charge in [0, 0.05) is 4.88 Å². The van der Waals surface area contributed by atoms with Gasteiger partial charge in [0.2, 0.25) is 0 Å². The van der Waals surface area contributed by atoms with Crippen LogP contribution in [0.5, 0.6) is 0 Å². The van der Waals surface area contributed by atoms with Gasteiger partial charge < -0.3 is 9.47 Å². The minimum absolute atomic E-state index is 0.324. The van der Waals surface area contributed by atoms with Gasteiger partial charge in [-0.15, -0.1) is 11.3 Å². The first-order valence-corrected chi connectivity index (χ1v) is 7.68. The fraction of sp³-hybridized carbons (Fsp3) is 0.375. The molecule has 3 unspecified atom stereocenters. The van der Waals surface area contributed by atoms with E-state index in [9.17, 15) is 0 Å². The number of hydrogen-bond donors (Lipinski definition) is 0. The van der Waals surface area contributed by atoms with Crippen molar-refractivity contribution in [2.45, 2.75) is 37.8 Å². The first-order chi connectivity index (χ1) is 9.40. The van der Waals surface area contributed by atoms with Crippen LogP contribution in [0.3, 0.4) is 0 Å². The van der Waals surface area contributed by atoms with Gasteiger partial charge in [-0.1, -0.05) is 30.3 Å². The Hall–Kier alpha value is -1.16. The highest BCUT2D eigenvalue weighted by atomic mass is 32.1. The largest absolute Gasteiger partial charge is 0.371 e. The lowest BCUT2D eigenvalue weighted by Gasteiger charge is -2.11. The number of fused-ring (bicyclic) bond motifs is 1. The molecular formula is C16H16O2S. The Morgan fingerprint density at radius 2 is 2.11 bits per heavy atom. The van der Waals surface area contributed by atoms with Gasteiger partial charge in [0.05, 0.1) is 18.8 Å². The van der Waals surface area contributed by atoms with Gasteiger partial charge in [-0.3, -0.25) is 0 Å². The molecular weight excluding hydrogens is 256 g/mol. The van der Waals surface area contributed by atoms with E-state index in [4.69, 9.17) is 9.47 Å². The second-order valence-electron chi connectivity index (χ2n) is 5.25. The van der Waals surface area contributed by atoms with E-state index in [1.807, 2.05) is 6.07 Å². The molecule has 98 valence electrons. The molecule has 2 aromatic rings. The Morgan fingerprint density at radius 3 is 2.84 bits per heavy atom. The van der Waals surface area contributed by atoms with Crippen LogP contribution in [-0.2, 0) is 16.1 Å². The first kappa shape index (κ1) is 11.6. The van der Waals surface area contributed by atoms with E-state index in [1.54, 1.807) is 11.3 Å². The summed E-state index contributed by atoms with van der Waals surface area (Å²) in [6, 6.07) is 12.7. The van der Waals surface area contributed by atoms with Crippen molar-refractivity contribution in [1.82, 2.24) is 0 Å². The summed E-state index contributed by atoms with van der Waals surface area (Å²) in [7, 11) is 0. The van der Waals surface area contributed by atoms with E-state index in [-0.39, 0.29) is 0 Å². The highest BCUT2D eigenvalue weighted by molar-refractivity contribution is 7.13. The first-order valence-electron chi connectivity index (χ1n) is 6.80. The summed E-state index contributed by atoms with van der Waals surface area (Å²) in [4.78, 5) is 1.31. The van der Waals surface area contributed by atoms with Crippen LogP contribution >= 0.6 is 11.3 Å². The van der Waals surface area contributed by atoms with Gasteiger partial charge in [0.15, 0.2) is 0 Å². The molecule has 3 heteroatoms. The lowest BCUT2D eigenvalue weighted by Crippen LogP contribution is -2.15. The second kappa shape index (κ2) is 4.75. The number of rotatable bonds is 4. The predicted octanol–water partition coefficient (Wildman–Crippen LogP) is 3.86. The minimum Gasteiger partial charge on any atom is -0.371 e. The monoisotopic (exact) mass is 272 g/mol. The maximum Gasteiger partial charge on any atom is 0.110 e. The van der Waals surface area contributed by atoms with Crippen LogP contribution in [0.4, 0.5) is 0 Å². The average molecular weight is 272 g/mol. The third kappa shape index (κ3) is 2.34. The topological polar surface area (TPSA) is 21.8 Å². The molecule has 2 aliphatic rings. The van der Waals surface area contributed by atoms with Crippen molar-refractivity contribution in [3.63, 3.8) is 0 Å². The maximum atomic E-state index is 5.97. The minimum atomic E-state index is 0.324. The number of epoxide rings is 1. The normalized spacial score (nSPS) is 28.3. The van der Waals surface area contributed by atoms with Crippen molar-refractivity contribution < 1.29 is 9.47 Å². The number of benzene rings is 1. The molecule has 0 spiro atoms. The standard InChI is InChI=1S/C16H16O2S/c1-2-4-12(5-3-1)15-8-11(10-19-15)9-17-13-6-7-14-16(13)18-14/h1-5,8,10,13-14,16H,6-7,9H2. The van der Waals surface area contributed by atoms with Crippen LogP contribution < -0.4 is 0 Å². The van der Waals surface area contributed by atoms with Gasteiger partial charge in [0.25, 0.3) is 0 Å². The molecule has 2 nitrogen and oxygen atoms in total. The van der Waals surface area contributed by atoms with Crippen LogP contribution in [0.15, 0.2) is 41.8 Å². The van der Waals surface area contributed by atoms with Crippen LogP contribution in [0.25, 0.3) is 10.4 Å². The SMILES string of the molecule is c1ccc(-c2cc(COC3CCC4OC34)cs2)cc1. The summed E-state index contributed by atoms with van der Waals surface area (Å²) in [6.07, 6.45) is 3.56. The smallest absolute Gasteiger partial charge is 0.110 e. The number of ether oxygens (including phenoxy) is 2. The van der Waals surface area contributed by atoms with E-state index >= 15 is 0 Å². The molecule has 3 atom stereocenters. The fourth-order valence-electron chi connectivity index (χ4n) is 2.80. The summed E-state index contributed by atoms with van der Waals surface area (Å²) in [5.41, 5.74) is 2.55. The zero-order valence-electron chi connectivity index (χ0n) is 10.6. The van der Waals surface area contributed by atoms with Crippen LogP contribution in [0.2, 0.25) is 0 Å². The fourth-order valence-corrected chi connectivity index (χ4v) is 3.70. The molecule has 2 heterocycles. The molecule has 1 saturated heterocycles. The lowest BCUT2D eigenvalue weighted by molar-refractivity contribution is 0.0162. The second-order valence-corrected chi connectivity index (χ2v) is 6.16. The van der Waals surface area contributed by atoms with Gasteiger partial charge >= 0.3 is 0 Å². The molecule has 4 rings (SSSR count). The van der Waals surface area contributed by atoms with E-state index in [2.05, 4.69) is 35.7 Å². The van der Waals surface area contributed by atoms with Crippen LogP contribution in [-0.4, -0.2) is 18.3 Å². The van der Waals surface area contributed by atoms with Crippen molar-refractivity contribution in [2.75, 3.05) is 0 Å². The molecule has 1 aliphatic heterocycles. The molecule has 1 saturated carbocycles. The Bertz CT molecular complexity index is 563. The molecule has 0 N–H and O–H groups in total. The molecule has 2 fully saturated rings. The van der Waals surface area contributed by atoms with Crippen molar-refractivity contribution >= 4 is 11.3 Å². The van der Waals surface area contributed by atoms with Crippen LogP contribution in [0.1, 0.15) is 18.4 Å². The van der Waals surface area contributed by atoms with Gasteiger partial charge in [-0.2, -0.15) is 0 Å². The van der Waals surface area contributed by atoms with Crippen molar-refractivity contribution in [2.24, 2.45) is 0 Å². The summed E-state index contributed by atoms with van der Waals surface area (Å²) in [6.45, 7) is 0.709. The highest BCUT2D eigenvalue weighted by Gasteiger charge is 2.50.